The predicted octanol–water partition coefficient (Wildman–Crippen LogP) is 3.13. The molecule has 0 unspecified atom stereocenters. The molecule has 4 aromatic rings. The predicted molar refractivity (Wildman–Crippen MR) is 102 cm³/mol. The molecule has 0 amide bonds. The van der Waals surface area contributed by atoms with Crippen LogP contribution >= 0.6 is 46.2 Å². The molecule has 3 heterocycles. The SMILES string of the molecule is Cn1sc(Cl)cc1=O.O=c1[nH]sc2ccccc12.O=c1ccs[nH]1. The molecule has 1 aromatic carbocycles. The number of hydrogen-bond acceptors (Lipinski definition) is 6. The van der Waals surface area contributed by atoms with Crippen molar-refractivity contribution >= 4 is 56.3 Å². The molecular formula is C14H12ClN3O3S3. The van der Waals surface area contributed by atoms with Crippen molar-refractivity contribution in [2.45, 2.75) is 0 Å². The minimum absolute atomic E-state index is 0.0139. The average molecular weight is 402 g/mol. The minimum atomic E-state index is -0.0417. The van der Waals surface area contributed by atoms with E-state index in [1.165, 1.54) is 50.7 Å². The summed E-state index contributed by atoms with van der Waals surface area (Å²) in [7, 11) is 1.68. The molecule has 126 valence electrons. The van der Waals surface area contributed by atoms with Crippen LogP contribution in [0, 0.1) is 0 Å². The normalized spacial score (nSPS) is 9.75. The topological polar surface area (TPSA) is 87.7 Å². The first-order valence-corrected chi connectivity index (χ1v) is 9.33. The fourth-order valence-electron chi connectivity index (χ4n) is 1.51. The Bertz CT molecular complexity index is 1050. The van der Waals surface area contributed by atoms with Crippen LogP contribution in [-0.2, 0) is 7.05 Å². The second-order valence-electron chi connectivity index (χ2n) is 4.29. The quantitative estimate of drug-likeness (QED) is 0.474. The van der Waals surface area contributed by atoms with Crippen molar-refractivity contribution in [2.75, 3.05) is 0 Å². The van der Waals surface area contributed by atoms with Crippen molar-refractivity contribution in [2.24, 2.45) is 7.05 Å². The van der Waals surface area contributed by atoms with Crippen LogP contribution in [-0.4, -0.2) is 12.7 Å². The number of aryl methyl sites for hydroxylation is 1. The number of aromatic nitrogens is 3. The van der Waals surface area contributed by atoms with Gasteiger partial charge in [-0.15, -0.1) is 0 Å². The molecule has 3 aromatic heterocycles. The number of H-pyrrole nitrogens is 2. The van der Waals surface area contributed by atoms with Crippen molar-refractivity contribution in [1.82, 2.24) is 12.7 Å². The molecule has 0 radical (unpaired) electrons. The summed E-state index contributed by atoms with van der Waals surface area (Å²) in [5.41, 5.74) is -0.0411. The molecule has 24 heavy (non-hydrogen) atoms. The van der Waals surface area contributed by atoms with Gasteiger partial charge in [-0.25, -0.2) is 0 Å². The number of hydrogen-bond donors (Lipinski definition) is 2. The molecule has 0 aliphatic heterocycles. The van der Waals surface area contributed by atoms with Crippen LogP contribution in [0.15, 0.2) is 56.2 Å². The van der Waals surface area contributed by atoms with Crippen LogP contribution in [0.2, 0.25) is 4.34 Å². The molecule has 0 saturated heterocycles. The van der Waals surface area contributed by atoms with E-state index in [4.69, 9.17) is 11.6 Å². The smallest absolute Gasteiger partial charge is 0.265 e. The van der Waals surface area contributed by atoms with Crippen molar-refractivity contribution in [3.63, 3.8) is 0 Å². The Morgan fingerprint density at radius 1 is 1.08 bits per heavy atom. The van der Waals surface area contributed by atoms with Crippen LogP contribution < -0.4 is 16.7 Å². The highest BCUT2D eigenvalue weighted by Crippen LogP contribution is 2.11. The van der Waals surface area contributed by atoms with Crippen LogP contribution in [0.1, 0.15) is 0 Å². The molecule has 4 rings (SSSR count). The summed E-state index contributed by atoms with van der Waals surface area (Å²) in [6.07, 6.45) is 0. The van der Waals surface area contributed by atoms with E-state index in [0.29, 0.717) is 4.34 Å². The first-order valence-electron chi connectivity index (χ1n) is 6.48. The Morgan fingerprint density at radius 3 is 2.25 bits per heavy atom. The molecule has 0 spiro atoms. The van der Waals surface area contributed by atoms with Gasteiger partial charge in [0.1, 0.15) is 4.34 Å². The molecule has 0 aliphatic carbocycles. The van der Waals surface area contributed by atoms with Crippen molar-refractivity contribution < 1.29 is 0 Å². The second-order valence-corrected chi connectivity index (χ2v) is 7.65. The lowest BCUT2D eigenvalue weighted by molar-refractivity contribution is 0.981. The summed E-state index contributed by atoms with van der Waals surface area (Å²) < 4.78 is 8.18. The van der Waals surface area contributed by atoms with E-state index in [1.54, 1.807) is 12.4 Å². The molecule has 0 bridgehead atoms. The largest absolute Gasteiger partial charge is 0.278 e. The lowest BCUT2D eigenvalue weighted by Gasteiger charge is -1.79. The molecule has 0 aliphatic rings. The van der Waals surface area contributed by atoms with Crippen LogP contribution in [0.25, 0.3) is 10.1 Å². The van der Waals surface area contributed by atoms with E-state index >= 15 is 0 Å². The lowest BCUT2D eigenvalue weighted by atomic mass is 10.3. The molecule has 0 saturated carbocycles. The van der Waals surface area contributed by atoms with Gasteiger partial charge in [0.2, 0.25) is 0 Å². The third kappa shape index (κ3) is 5.31. The Kier molecular flexibility index (Phi) is 6.73. The molecule has 6 nitrogen and oxygen atoms in total. The highest BCUT2D eigenvalue weighted by molar-refractivity contribution is 7.13. The van der Waals surface area contributed by atoms with Crippen LogP contribution in [0.4, 0.5) is 0 Å². The van der Waals surface area contributed by atoms with Crippen LogP contribution in [0.5, 0.6) is 0 Å². The summed E-state index contributed by atoms with van der Waals surface area (Å²) in [6.45, 7) is 0. The third-order valence-electron chi connectivity index (χ3n) is 2.60. The van der Waals surface area contributed by atoms with Gasteiger partial charge >= 0.3 is 0 Å². The second kappa shape index (κ2) is 8.78. The third-order valence-corrected chi connectivity index (χ3v) is 5.12. The summed E-state index contributed by atoms with van der Waals surface area (Å²) in [5.74, 6) is 0. The highest BCUT2D eigenvalue weighted by Gasteiger charge is 1.96. The van der Waals surface area contributed by atoms with Gasteiger partial charge in [0.05, 0.1) is 10.1 Å². The van der Waals surface area contributed by atoms with E-state index in [-0.39, 0.29) is 16.7 Å². The van der Waals surface area contributed by atoms with Gasteiger partial charge in [0, 0.05) is 24.6 Å². The Hall–Kier alpha value is -1.94. The Labute approximate surface area is 153 Å². The average Bonchev–Trinajstić information content (AvgIpc) is 3.25. The first kappa shape index (κ1) is 18.4. The lowest BCUT2D eigenvalue weighted by Crippen LogP contribution is -2.05. The standard InChI is InChI=1S/C7H5NOS.C4H4ClNOS.C3H3NOS/c9-7-5-3-1-2-4-6(5)10-8-7;1-6-4(7)2-3(5)8-6;5-3-1-2-6-4-3/h1-4H,(H,8,9);2H,1H3;1-2H,(H,4,5). The highest BCUT2D eigenvalue weighted by atomic mass is 35.5. The van der Waals surface area contributed by atoms with Crippen LogP contribution in [0.3, 0.4) is 0 Å². The Balaban J connectivity index is 0.000000135. The number of aromatic amines is 2. The molecular weight excluding hydrogens is 390 g/mol. The van der Waals surface area contributed by atoms with E-state index in [9.17, 15) is 14.4 Å². The van der Waals surface area contributed by atoms with E-state index in [2.05, 4.69) is 8.75 Å². The number of benzene rings is 1. The zero-order valence-corrected chi connectivity index (χ0v) is 15.5. The molecule has 2 N–H and O–H groups in total. The number of nitrogens with one attached hydrogen (secondary N) is 2. The molecule has 0 atom stereocenters. The molecule has 10 heteroatoms. The minimum Gasteiger partial charge on any atom is -0.278 e. The zero-order chi connectivity index (χ0) is 17.5. The fraction of sp³-hybridized carbons (Fsp3) is 0.0714. The van der Waals surface area contributed by atoms with E-state index < -0.39 is 0 Å². The maximum atomic E-state index is 10.9. The van der Waals surface area contributed by atoms with E-state index in [0.717, 1.165) is 10.1 Å². The summed E-state index contributed by atoms with van der Waals surface area (Å²) >= 11 is 9.38. The molecule has 0 fully saturated rings. The Morgan fingerprint density at radius 2 is 1.83 bits per heavy atom. The van der Waals surface area contributed by atoms with Gasteiger partial charge in [-0.2, -0.15) is 0 Å². The van der Waals surface area contributed by atoms with Gasteiger partial charge in [0.25, 0.3) is 16.7 Å². The maximum absolute atomic E-state index is 10.9. The summed E-state index contributed by atoms with van der Waals surface area (Å²) in [4.78, 5) is 31.5. The van der Waals surface area contributed by atoms with Gasteiger partial charge in [0.15, 0.2) is 0 Å². The zero-order valence-electron chi connectivity index (χ0n) is 12.3. The number of halogens is 1. The summed E-state index contributed by atoms with van der Waals surface area (Å²) in [5, 5.41) is 2.50. The van der Waals surface area contributed by atoms with Crippen molar-refractivity contribution in [3.05, 3.63) is 77.2 Å². The van der Waals surface area contributed by atoms with E-state index in [1.807, 2.05) is 24.3 Å². The van der Waals surface area contributed by atoms with Crippen molar-refractivity contribution in [1.29, 1.82) is 0 Å². The van der Waals surface area contributed by atoms with Gasteiger partial charge < -0.3 is 0 Å². The number of rotatable bonds is 0. The number of fused-ring (bicyclic) bond motifs is 1. The first-order chi connectivity index (χ1) is 11.5. The number of nitrogens with zero attached hydrogens (tertiary/aromatic N) is 1. The van der Waals surface area contributed by atoms with Gasteiger partial charge in [-0.05, 0) is 23.7 Å². The van der Waals surface area contributed by atoms with Crippen molar-refractivity contribution in [3.8, 4) is 0 Å². The van der Waals surface area contributed by atoms with Gasteiger partial charge in [-0.3, -0.25) is 27.1 Å². The summed E-state index contributed by atoms with van der Waals surface area (Å²) in [6, 6.07) is 10.4. The fourth-order valence-corrected chi connectivity index (χ4v) is 3.65. The van der Waals surface area contributed by atoms with Gasteiger partial charge in [-0.1, -0.05) is 46.8 Å². The maximum Gasteiger partial charge on any atom is 0.265 e. The monoisotopic (exact) mass is 401 g/mol.